The van der Waals surface area contributed by atoms with Gasteiger partial charge in [-0.1, -0.05) is 20.3 Å². The molecule has 4 rings (SSSR count). The first-order valence-electron chi connectivity index (χ1n) is 10.5. The van der Waals surface area contributed by atoms with Crippen LogP contribution >= 0.6 is 12.2 Å². The van der Waals surface area contributed by atoms with E-state index in [1.54, 1.807) is 0 Å². The number of rotatable bonds is 4. The number of nitrogens with zero attached hydrogens (tertiary/aromatic N) is 2. The Morgan fingerprint density at radius 1 is 1.21 bits per heavy atom. The molecule has 0 spiro atoms. The lowest BCUT2D eigenvalue weighted by Gasteiger charge is -2.40. The van der Waals surface area contributed by atoms with Crippen molar-refractivity contribution in [1.29, 1.82) is 0 Å². The molecule has 0 bridgehead atoms. The molecule has 2 atom stereocenters. The molecular formula is C21H29N3O4S. The zero-order chi connectivity index (χ0) is 20.4. The van der Waals surface area contributed by atoms with Crippen molar-refractivity contribution in [3.8, 4) is 11.5 Å². The first-order valence-corrected chi connectivity index (χ1v) is 10.9. The molecule has 1 amide bonds. The maximum absolute atomic E-state index is 12.3. The lowest BCUT2D eigenvalue weighted by molar-refractivity contribution is 0.112. The van der Waals surface area contributed by atoms with Gasteiger partial charge in [-0.25, -0.2) is 4.79 Å². The fraction of sp³-hybridized carbons (Fsp3) is 0.619. The Bertz CT molecular complexity index is 766. The topological polar surface area (TPSA) is 63.3 Å². The number of carbonyl (C=O) groups is 1. The third-order valence-corrected chi connectivity index (χ3v) is 6.55. The number of hydrogen-bond acceptors (Lipinski definition) is 5. The van der Waals surface area contributed by atoms with Gasteiger partial charge in [0.15, 0.2) is 16.6 Å². The monoisotopic (exact) mass is 419 g/mol. The Morgan fingerprint density at radius 3 is 2.66 bits per heavy atom. The van der Waals surface area contributed by atoms with Crippen LogP contribution in [0.4, 0.5) is 10.5 Å². The first-order chi connectivity index (χ1) is 14.1. The van der Waals surface area contributed by atoms with E-state index in [0.29, 0.717) is 30.9 Å². The van der Waals surface area contributed by atoms with E-state index in [0.717, 1.165) is 49.5 Å². The summed E-state index contributed by atoms with van der Waals surface area (Å²) in [4.78, 5) is 16.5. The normalized spacial score (nSPS) is 23.0. The summed E-state index contributed by atoms with van der Waals surface area (Å²) < 4.78 is 16.6. The second kappa shape index (κ2) is 8.65. The summed E-state index contributed by atoms with van der Waals surface area (Å²) in [6.07, 6.45) is 2.67. The van der Waals surface area contributed by atoms with Crippen LogP contribution in [0.3, 0.4) is 0 Å². The molecule has 3 aliphatic heterocycles. The minimum Gasteiger partial charge on any atom is -0.486 e. The number of anilines is 1. The Labute approximate surface area is 177 Å². The van der Waals surface area contributed by atoms with Gasteiger partial charge in [0.25, 0.3) is 0 Å². The van der Waals surface area contributed by atoms with Gasteiger partial charge in [-0.15, -0.1) is 0 Å². The number of cyclic esters (lactones) is 1. The Kier molecular flexibility index (Phi) is 5.99. The van der Waals surface area contributed by atoms with Gasteiger partial charge in [0.05, 0.1) is 6.04 Å². The van der Waals surface area contributed by atoms with Crippen LogP contribution in [0.25, 0.3) is 0 Å². The van der Waals surface area contributed by atoms with Crippen molar-refractivity contribution in [2.75, 3.05) is 38.2 Å². The molecule has 0 radical (unpaired) electrons. The number of carbonyl (C=O) groups excluding carboxylic acids is 1. The van der Waals surface area contributed by atoms with Gasteiger partial charge >= 0.3 is 6.09 Å². The quantitative estimate of drug-likeness (QED) is 0.750. The average molecular weight is 420 g/mol. The highest BCUT2D eigenvalue weighted by Crippen LogP contribution is 2.33. The maximum Gasteiger partial charge on any atom is 0.410 e. The van der Waals surface area contributed by atoms with Gasteiger partial charge < -0.3 is 24.4 Å². The summed E-state index contributed by atoms with van der Waals surface area (Å²) >= 11 is 5.63. The zero-order valence-electron chi connectivity index (χ0n) is 17.1. The van der Waals surface area contributed by atoms with E-state index in [1.165, 1.54) is 0 Å². The fourth-order valence-corrected chi connectivity index (χ4v) is 4.55. The van der Waals surface area contributed by atoms with Crippen molar-refractivity contribution in [3.05, 3.63) is 18.2 Å². The average Bonchev–Trinajstić information content (AvgIpc) is 3.14. The van der Waals surface area contributed by atoms with Crippen LogP contribution < -0.4 is 14.8 Å². The van der Waals surface area contributed by atoms with Crippen LogP contribution in [0, 0.1) is 5.92 Å². The summed E-state index contributed by atoms with van der Waals surface area (Å²) in [7, 11) is 0. The van der Waals surface area contributed by atoms with E-state index in [-0.39, 0.29) is 18.2 Å². The highest BCUT2D eigenvalue weighted by atomic mass is 32.1. The van der Waals surface area contributed by atoms with E-state index >= 15 is 0 Å². The lowest BCUT2D eigenvalue weighted by atomic mass is 9.95. The van der Waals surface area contributed by atoms with Crippen LogP contribution in [-0.4, -0.2) is 66.0 Å². The van der Waals surface area contributed by atoms with Gasteiger partial charge in [-0.05, 0) is 43.1 Å². The van der Waals surface area contributed by atoms with Crippen molar-refractivity contribution in [1.82, 2.24) is 9.80 Å². The molecule has 7 nitrogen and oxygen atoms in total. The highest BCUT2D eigenvalue weighted by Gasteiger charge is 2.41. The number of likely N-dealkylation sites (tertiary alicyclic amines) is 1. The highest BCUT2D eigenvalue weighted by molar-refractivity contribution is 7.80. The number of amides is 1. The fourth-order valence-electron chi connectivity index (χ4n) is 4.25. The number of piperidine rings is 1. The number of hydrogen-bond donors (Lipinski definition) is 1. The van der Waals surface area contributed by atoms with E-state index in [9.17, 15) is 4.79 Å². The first kappa shape index (κ1) is 20.1. The smallest absolute Gasteiger partial charge is 0.410 e. The second-order valence-electron chi connectivity index (χ2n) is 7.94. The predicted molar refractivity (Wildman–Crippen MR) is 115 cm³/mol. The largest absolute Gasteiger partial charge is 0.486 e. The minimum absolute atomic E-state index is 0.161. The molecule has 2 fully saturated rings. The third kappa shape index (κ3) is 4.22. The Morgan fingerprint density at radius 2 is 1.93 bits per heavy atom. The van der Waals surface area contributed by atoms with Crippen LogP contribution in [0.2, 0.25) is 0 Å². The molecule has 2 saturated heterocycles. The van der Waals surface area contributed by atoms with Crippen molar-refractivity contribution >= 4 is 29.1 Å². The molecule has 0 aromatic heterocycles. The molecule has 0 saturated carbocycles. The molecule has 3 aliphatic rings. The summed E-state index contributed by atoms with van der Waals surface area (Å²) in [6, 6.07) is 6.18. The molecule has 0 aliphatic carbocycles. The van der Waals surface area contributed by atoms with Gasteiger partial charge in [0.2, 0.25) is 0 Å². The summed E-state index contributed by atoms with van der Waals surface area (Å²) in [5.74, 6) is 1.95. The third-order valence-electron chi connectivity index (χ3n) is 6.19. The molecule has 158 valence electrons. The van der Waals surface area contributed by atoms with Gasteiger partial charge in [0.1, 0.15) is 19.8 Å². The van der Waals surface area contributed by atoms with Crippen molar-refractivity contribution in [3.63, 3.8) is 0 Å². The molecule has 2 unspecified atom stereocenters. The number of benzene rings is 1. The minimum atomic E-state index is -0.161. The molecule has 1 N–H and O–H groups in total. The van der Waals surface area contributed by atoms with Crippen LogP contribution in [0.15, 0.2) is 18.2 Å². The number of ether oxygens (including phenoxy) is 3. The molecule has 8 heteroatoms. The van der Waals surface area contributed by atoms with Crippen molar-refractivity contribution in [2.24, 2.45) is 5.92 Å². The standard InChI is InChI=1S/C21H29N3O4S/c1-3-14(2)17-13-28-21(25)24(17)16-6-8-23(9-7-16)20(29)22-15-4-5-18-19(12-15)27-11-10-26-18/h4-5,12,14,16-17H,3,6-11,13H2,1-2H3,(H,22,29). The van der Waals surface area contributed by atoms with Crippen molar-refractivity contribution < 1.29 is 19.0 Å². The lowest BCUT2D eigenvalue weighted by Crippen LogP contribution is -2.51. The molecule has 1 aromatic rings. The molecule has 3 heterocycles. The van der Waals surface area contributed by atoms with Crippen LogP contribution in [-0.2, 0) is 4.74 Å². The Hall–Kier alpha value is -2.22. The summed E-state index contributed by atoms with van der Waals surface area (Å²) in [6.45, 7) is 7.65. The zero-order valence-corrected chi connectivity index (χ0v) is 17.9. The molecule has 29 heavy (non-hydrogen) atoms. The number of thiocarbonyl (C=S) groups is 1. The number of nitrogens with one attached hydrogen (secondary N) is 1. The van der Waals surface area contributed by atoms with E-state index in [4.69, 9.17) is 26.4 Å². The predicted octanol–water partition coefficient (Wildman–Crippen LogP) is 3.49. The molecular weight excluding hydrogens is 390 g/mol. The molecule has 1 aromatic carbocycles. The number of fused-ring (bicyclic) bond motifs is 1. The summed E-state index contributed by atoms with van der Waals surface area (Å²) in [5, 5.41) is 4.00. The Balaban J connectivity index is 1.33. The van der Waals surface area contributed by atoms with Gasteiger partial charge in [-0.3, -0.25) is 4.90 Å². The van der Waals surface area contributed by atoms with Crippen LogP contribution in [0.1, 0.15) is 33.1 Å². The van der Waals surface area contributed by atoms with E-state index in [1.807, 2.05) is 23.1 Å². The van der Waals surface area contributed by atoms with Crippen LogP contribution in [0.5, 0.6) is 11.5 Å². The van der Waals surface area contributed by atoms with Gasteiger partial charge in [0, 0.05) is 30.9 Å². The van der Waals surface area contributed by atoms with Crippen molar-refractivity contribution in [2.45, 2.75) is 45.2 Å². The van der Waals surface area contributed by atoms with E-state index in [2.05, 4.69) is 24.1 Å². The maximum atomic E-state index is 12.3. The van der Waals surface area contributed by atoms with Gasteiger partial charge in [-0.2, -0.15) is 0 Å². The second-order valence-corrected chi connectivity index (χ2v) is 8.33. The van der Waals surface area contributed by atoms with E-state index < -0.39 is 0 Å². The SMILES string of the molecule is CCC(C)C1COC(=O)N1C1CCN(C(=S)Nc2ccc3c(c2)OCCO3)CC1. The summed E-state index contributed by atoms with van der Waals surface area (Å²) in [5.41, 5.74) is 0.890.